The van der Waals surface area contributed by atoms with Crippen molar-refractivity contribution in [1.82, 2.24) is 0 Å². The molecule has 3 aromatic rings. The molecule has 1 aliphatic rings. The van der Waals surface area contributed by atoms with Crippen LogP contribution in [0.3, 0.4) is 0 Å². The molecule has 0 saturated heterocycles. The van der Waals surface area contributed by atoms with Gasteiger partial charge in [-0.05, 0) is 99.6 Å². The first-order chi connectivity index (χ1) is 17.9. The van der Waals surface area contributed by atoms with Crippen molar-refractivity contribution in [1.29, 1.82) is 0 Å². The summed E-state index contributed by atoms with van der Waals surface area (Å²) in [5.41, 5.74) is 11.5. The fraction of sp³-hybridized carbons (Fsp3) is 0.412. The van der Waals surface area contributed by atoms with Crippen molar-refractivity contribution in [3.05, 3.63) is 94.0 Å². The molecule has 3 nitrogen and oxygen atoms in total. The number of hydrogen-bond donors (Lipinski definition) is 1. The molecule has 0 radical (unpaired) electrons. The van der Waals surface area contributed by atoms with E-state index in [-0.39, 0.29) is 0 Å². The Bertz CT molecular complexity index is 1220. The number of aliphatic imine (C=N–C) groups is 2. The Morgan fingerprint density at radius 3 is 2.00 bits per heavy atom. The maximum atomic E-state index is 5.34. The number of rotatable bonds is 8. The normalized spacial score (nSPS) is 15.2. The topological polar surface area (TPSA) is 36.8 Å². The molecule has 0 unspecified atom stereocenters. The second-order valence-corrected chi connectivity index (χ2v) is 10.7. The zero-order valence-electron chi connectivity index (χ0n) is 23.4. The van der Waals surface area contributed by atoms with Crippen LogP contribution in [0.25, 0.3) is 0 Å². The van der Waals surface area contributed by atoms with Crippen LogP contribution in [0.15, 0.2) is 70.6 Å². The molecule has 37 heavy (non-hydrogen) atoms. The van der Waals surface area contributed by atoms with Gasteiger partial charge in [-0.2, -0.15) is 0 Å². The minimum atomic E-state index is 0.613. The van der Waals surface area contributed by atoms with Crippen LogP contribution in [0.4, 0.5) is 11.4 Å². The van der Waals surface area contributed by atoms with Crippen molar-refractivity contribution in [2.45, 2.75) is 86.1 Å². The molecule has 1 saturated carbocycles. The second kappa shape index (κ2) is 12.9. The third-order valence-electron chi connectivity index (χ3n) is 7.81. The molecule has 194 valence electrons. The Hall–Kier alpha value is -3.20. The SMILES string of the molecule is CC(=NCc1ccccc1CCC(=Nc1c(C)cccc1C)C1CCCCC1)Nc1c(C)cccc1C. The zero-order chi connectivity index (χ0) is 26.2. The van der Waals surface area contributed by atoms with Gasteiger partial charge in [0, 0.05) is 11.4 Å². The first kappa shape index (κ1) is 26.9. The molecule has 0 amide bonds. The van der Waals surface area contributed by atoms with Crippen LogP contribution in [0.5, 0.6) is 0 Å². The Morgan fingerprint density at radius 2 is 1.35 bits per heavy atom. The van der Waals surface area contributed by atoms with Gasteiger partial charge < -0.3 is 5.32 Å². The third-order valence-corrected chi connectivity index (χ3v) is 7.81. The van der Waals surface area contributed by atoms with E-state index in [1.165, 1.54) is 76.9 Å². The lowest BCUT2D eigenvalue weighted by Crippen LogP contribution is -2.19. The van der Waals surface area contributed by atoms with Gasteiger partial charge in [-0.3, -0.25) is 9.98 Å². The average molecular weight is 494 g/mol. The average Bonchev–Trinajstić information content (AvgIpc) is 2.90. The summed E-state index contributed by atoms with van der Waals surface area (Å²) in [5.74, 6) is 1.56. The summed E-state index contributed by atoms with van der Waals surface area (Å²) in [6.45, 7) is 11.4. The van der Waals surface area contributed by atoms with Gasteiger partial charge in [0.05, 0.1) is 18.1 Å². The number of aryl methyl sites for hydroxylation is 5. The van der Waals surface area contributed by atoms with E-state index in [4.69, 9.17) is 9.98 Å². The lowest BCUT2D eigenvalue weighted by molar-refractivity contribution is 0.435. The van der Waals surface area contributed by atoms with Crippen LogP contribution in [0, 0.1) is 33.6 Å². The highest BCUT2D eigenvalue weighted by molar-refractivity contribution is 5.95. The van der Waals surface area contributed by atoms with Crippen molar-refractivity contribution < 1.29 is 0 Å². The molecule has 1 aliphatic carbocycles. The van der Waals surface area contributed by atoms with E-state index in [1.54, 1.807) is 0 Å². The largest absolute Gasteiger partial charge is 0.344 e. The van der Waals surface area contributed by atoms with E-state index in [2.05, 4.69) is 101 Å². The van der Waals surface area contributed by atoms with E-state index in [1.807, 2.05) is 0 Å². The highest BCUT2D eigenvalue weighted by atomic mass is 15.0. The number of nitrogens with one attached hydrogen (secondary N) is 1. The quantitative estimate of drug-likeness (QED) is 0.246. The summed E-state index contributed by atoms with van der Waals surface area (Å²) in [4.78, 5) is 10.3. The predicted octanol–water partition coefficient (Wildman–Crippen LogP) is 9.24. The molecule has 0 spiro atoms. The summed E-state index contributed by atoms with van der Waals surface area (Å²) < 4.78 is 0. The first-order valence-electron chi connectivity index (χ1n) is 14.0. The monoisotopic (exact) mass is 493 g/mol. The molecule has 4 rings (SSSR count). The molecule has 1 N–H and O–H groups in total. The predicted molar refractivity (Wildman–Crippen MR) is 161 cm³/mol. The van der Waals surface area contributed by atoms with E-state index < -0.39 is 0 Å². The summed E-state index contributed by atoms with van der Waals surface area (Å²) in [6, 6.07) is 21.7. The Labute approximate surface area is 224 Å². The molecule has 0 aliphatic heterocycles. The van der Waals surface area contributed by atoms with Crippen molar-refractivity contribution in [2.24, 2.45) is 15.9 Å². The van der Waals surface area contributed by atoms with E-state index in [0.29, 0.717) is 12.5 Å². The highest BCUT2D eigenvalue weighted by Crippen LogP contribution is 2.31. The molecule has 0 heterocycles. The van der Waals surface area contributed by atoms with Crippen molar-refractivity contribution in [3.8, 4) is 0 Å². The fourth-order valence-corrected chi connectivity index (χ4v) is 5.57. The van der Waals surface area contributed by atoms with Gasteiger partial charge in [0.1, 0.15) is 0 Å². The summed E-state index contributed by atoms with van der Waals surface area (Å²) in [7, 11) is 0. The molecule has 0 atom stereocenters. The van der Waals surface area contributed by atoms with Gasteiger partial charge in [-0.1, -0.05) is 79.9 Å². The van der Waals surface area contributed by atoms with E-state index >= 15 is 0 Å². The van der Waals surface area contributed by atoms with Gasteiger partial charge >= 0.3 is 0 Å². The Morgan fingerprint density at radius 1 is 0.757 bits per heavy atom. The van der Waals surface area contributed by atoms with Crippen molar-refractivity contribution in [3.63, 3.8) is 0 Å². The maximum Gasteiger partial charge on any atom is 0.0979 e. The van der Waals surface area contributed by atoms with Crippen LogP contribution in [0.1, 0.15) is 78.8 Å². The van der Waals surface area contributed by atoms with E-state index in [9.17, 15) is 0 Å². The van der Waals surface area contributed by atoms with Crippen LogP contribution in [0.2, 0.25) is 0 Å². The number of amidine groups is 1. The lowest BCUT2D eigenvalue weighted by atomic mass is 9.83. The number of nitrogens with zero attached hydrogens (tertiary/aromatic N) is 2. The lowest BCUT2D eigenvalue weighted by Gasteiger charge is -2.24. The number of para-hydroxylation sites is 2. The fourth-order valence-electron chi connectivity index (χ4n) is 5.57. The standard InChI is InChI=1S/C34H43N3/c1-24-13-11-14-25(2)33(24)36-28(5)35-23-31-20-10-9-17-29(31)21-22-32(30-18-7-6-8-19-30)37-34-26(3)15-12-16-27(34)4/h9-17,20,30H,6-8,18-19,21-23H2,1-5H3,(H,35,36). The molecular weight excluding hydrogens is 450 g/mol. The molecule has 3 heteroatoms. The molecule has 1 fully saturated rings. The smallest absolute Gasteiger partial charge is 0.0979 e. The first-order valence-corrected chi connectivity index (χ1v) is 14.0. The van der Waals surface area contributed by atoms with Gasteiger partial charge in [0.2, 0.25) is 0 Å². The van der Waals surface area contributed by atoms with Crippen molar-refractivity contribution in [2.75, 3.05) is 5.32 Å². The Kier molecular flexibility index (Phi) is 9.33. The minimum Gasteiger partial charge on any atom is -0.344 e. The maximum absolute atomic E-state index is 5.34. The third kappa shape index (κ3) is 7.19. The zero-order valence-corrected chi connectivity index (χ0v) is 23.4. The molecule has 0 aromatic heterocycles. The summed E-state index contributed by atoms with van der Waals surface area (Å²) in [6.07, 6.45) is 8.60. The second-order valence-electron chi connectivity index (χ2n) is 10.7. The summed E-state index contributed by atoms with van der Waals surface area (Å²) in [5, 5.41) is 3.53. The van der Waals surface area contributed by atoms with Gasteiger partial charge in [-0.25, -0.2) is 0 Å². The van der Waals surface area contributed by atoms with Crippen LogP contribution in [-0.2, 0) is 13.0 Å². The van der Waals surface area contributed by atoms with Crippen LogP contribution in [-0.4, -0.2) is 11.5 Å². The van der Waals surface area contributed by atoms with Crippen molar-refractivity contribution >= 4 is 22.9 Å². The van der Waals surface area contributed by atoms with Gasteiger partial charge in [0.25, 0.3) is 0 Å². The molecule has 3 aromatic carbocycles. The van der Waals surface area contributed by atoms with E-state index in [0.717, 1.165) is 24.4 Å². The van der Waals surface area contributed by atoms with Gasteiger partial charge in [0.15, 0.2) is 0 Å². The number of benzene rings is 3. The van der Waals surface area contributed by atoms with Gasteiger partial charge in [-0.15, -0.1) is 0 Å². The Balaban J connectivity index is 1.51. The minimum absolute atomic E-state index is 0.613. The number of hydrogen-bond acceptors (Lipinski definition) is 2. The number of anilines is 1. The molecule has 0 bridgehead atoms. The van der Waals surface area contributed by atoms with Crippen LogP contribution >= 0.6 is 0 Å². The summed E-state index contributed by atoms with van der Waals surface area (Å²) >= 11 is 0. The highest BCUT2D eigenvalue weighted by Gasteiger charge is 2.20. The molecular formula is C34H43N3. The van der Waals surface area contributed by atoms with Crippen LogP contribution < -0.4 is 5.32 Å².